The third kappa shape index (κ3) is 8.32. The standard InChI is InChI=1S/C8H12N2O2S.C2HF3O2/c1-13(11,12)10-8-4-2-3-7(5-8)6-9;3-2(4,5)1(6)7/h2-5,10H,6,9H2,1H3;(H,6,7). The fraction of sp³-hybridized carbons (Fsp3) is 0.300. The number of aliphatic carboxylic acids is 1. The molecule has 0 saturated carbocycles. The average Bonchev–Trinajstić information content (AvgIpc) is 2.26. The Bertz CT molecular complexity index is 558. The molecule has 0 aliphatic rings. The molecule has 20 heavy (non-hydrogen) atoms. The molecule has 0 aliphatic carbocycles. The van der Waals surface area contributed by atoms with E-state index in [1.54, 1.807) is 18.2 Å². The number of carboxylic acids is 1. The summed E-state index contributed by atoms with van der Waals surface area (Å²) in [5.41, 5.74) is 5.31. The molecule has 0 bridgehead atoms. The van der Waals surface area contributed by atoms with Crippen LogP contribution in [0.15, 0.2) is 24.3 Å². The molecule has 0 spiro atoms. The van der Waals surface area contributed by atoms with Crippen LogP contribution in [0, 0.1) is 0 Å². The molecule has 6 nitrogen and oxygen atoms in total. The van der Waals surface area contributed by atoms with Gasteiger partial charge in [0.1, 0.15) is 5.97 Å². The van der Waals surface area contributed by atoms with Crippen molar-refractivity contribution in [2.45, 2.75) is 12.7 Å². The van der Waals surface area contributed by atoms with Crippen LogP contribution in [0.5, 0.6) is 0 Å². The minimum atomic E-state index is -5.19. The van der Waals surface area contributed by atoms with Crippen LogP contribution in [0.25, 0.3) is 0 Å². The highest BCUT2D eigenvalue weighted by Gasteiger charge is 2.28. The molecule has 0 radical (unpaired) electrons. The number of carboxylic acid groups (broad SMARTS) is 1. The van der Waals surface area contributed by atoms with Gasteiger partial charge in [-0.25, -0.2) is 8.42 Å². The van der Waals surface area contributed by atoms with Crippen LogP contribution in [0.3, 0.4) is 0 Å². The highest BCUT2D eigenvalue weighted by molar-refractivity contribution is 7.92. The number of nitrogens with one attached hydrogen (secondary N) is 1. The maximum Gasteiger partial charge on any atom is 0.430 e. The maximum atomic E-state index is 10.9. The van der Waals surface area contributed by atoms with Gasteiger partial charge in [-0.3, -0.25) is 4.72 Å². The van der Waals surface area contributed by atoms with E-state index in [4.69, 9.17) is 9.90 Å². The summed E-state index contributed by atoms with van der Waals surface area (Å²) in [5.74, 6) is -3.01. The molecule has 1 rings (SSSR count). The number of carbonyl (C=O) groups is 1. The van der Waals surface area contributed by atoms with Crippen LogP contribution in [-0.4, -0.2) is 26.8 Å². The molecule has 0 saturated heterocycles. The van der Waals surface area contributed by atoms with E-state index in [-0.39, 0.29) is 0 Å². The number of hydrogen-bond donors (Lipinski definition) is 2. The summed E-state index contributed by atoms with van der Waals surface area (Å²) < 4.78 is 55.7. The third-order valence-corrected chi connectivity index (χ3v) is 2.36. The number of carbonyl (C=O) groups excluding carboxylic acids is 1. The second-order valence-corrected chi connectivity index (χ2v) is 5.36. The summed E-state index contributed by atoms with van der Waals surface area (Å²) in [6.45, 7) is 0.652. The third-order valence-electron chi connectivity index (χ3n) is 1.75. The molecular formula is C10H13F3N2O4S. The van der Waals surface area contributed by atoms with Gasteiger partial charge in [-0.15, -0.1) is 0 Å². The highest BCUT2D eigenvalue weighted by Crippen LogP contribution is 2.11. The van der Waals surface area contributed by atoms with Crippen molar-refractivity contribution >= 4 is 21.7 Å². The van der Waals surface area contributed by atoms with E-state index in [1.165, 1.54) is 0 Å². The molecule has 4 N–H and O–H groups in total. The molecule has 0 aromatic heterocycles. The van der Waals surface area contributed by atoms with Crippen molar-refractivity contribution in [3.05, 3.63) is 29.8 Å². The molecule has 10 heteroatoms. The van der Waals surface area contributed by atoms with Gasteiger partial charge >= 0.3 is 6.18 Å². The molecule has 0 fully saturated rings. The number of hydrogen-bond acceptors (Lipinski definition) is 4. The number of rotatable bonds is 3. The lowest BCUT2D eigenvalue weighted by Gasteiger charge is -2.03. The van der Waals surface area contributed by atoms with Crippen molar-refractivity contribution in [1.29, 1.82) is 0 Å². The Morgan fingerprint density at radius 3 is 2.25 bits per heavy atom. The molecule has 114 valence electrons. The Labute approximate surface area is 113 Å². The highest BCUT2D eigenvalue weighted by atomic mass is 32.2. The predicted molar refractivity (Wildman–Crippen MR) is 62.6 cm³/mol. The number of benzene rings is 1. The number of anilines is 1. The molecule has 0 atom stereocenters. The Balaban J connectivity index is 0.000000441. The molecule has 1 aromatic rings. The largest absolute Gasteiger partial charge is 0.542 e. The SMILES string of the molecule is CS(=O)(=O)Nc1cccc(C[NH3+])c1.O=C([O-])C(F)(F)F. The Morgan fingerprint density at radius 1 is 1.40 bits per heavy atom. The first kappa shape index (κ1) is 18.2. The van der Waals surface area contributed by atoms with Crippen molar-refractivity contribution in [1.82, 2.24) is 0 Å². The lowest BCUT2D eigenvalue weighted by atomic mass is 10.2. The van der Waals surface area contributed by atoms with Crippen LogP contribution in [0.1, 0.15) is 5.56 Å². The summed E-state index contributed by atoms with van der Waals surface area (Å²) in [6.07, 6.45) is -4.07. The van der Waals surface area contributed by atoms with Gasteiger partial charge in [-0.05, 0) is 12.1 Å². The van der Waals surface area contributed by atoms with E-state index in [9.17, 15) is 21.6 Å². The lowest BCUT2D eigenvalue weighted by Crippen LogP contribution is -2.47. The fourth-order valence-electron chi connectivity index (χ4n) is 1.00. The Hall–Kier alpha value is -1.81. The van der Waals surface area contributed by atoms with Crippen LogP contribution in [0.2, 0.25) is 0 Å². The van der Waals surface area contributed by atoms with Gasteiger partial charge < -0.3 is 15.6 Å². The first-order valence-electron chi connectivity index (χ1n) is 5.10. The molecule has 0 unspecified atom stereocenters. The zero-order valence-corrected chi connectivity index (χ0v) is 11.2. The van der Waals surface area contributed by atoms with E-state index >= 15 is 0 Å². The second kappa shape index (κ2) is 7.10. The van der Waals surface area contributed by atoms with Crippen molar-refractivity contribution in [3.8, 4) is 0 Å². The van der Waals surface area contributed by atoms with Gasteiger partial charge in [0, 0.05) is 11.3 Å². The first-order chi connectivity index (χ1) is 8.95. The van der Waals surface area contributed by atoms with E-state index in [0.29, 0.717) is 12.2 Å². The number of sulfonamides is 1. The monoisotopic (exact) mass is 314 g/mol. The minimum Gasteiger partial charge on any atom is -0.542 e. The normalized spacial score (nSPS) is 11.2. The van der Waals surface area contributed by atoms with Crippen LogP contribution in [-0.2, 0) is 21.4 Å². The summed E-state index contributed by atoms with van der Waals surface area (Å²) in [7, 11) is -3.17. The molecule has 0 heterocycles. The fourth-order valence-corrected chi connectivity index (χ4v) is 1.56. The van der Waals surface area contributed by atoms with Gasteiger partial charge in [-0.1, -0.05) is 12.1 Å². The smallest absolute Gasteiger partial charge is 0.430 e. The van der Waals surface area contributed by atoms with Crippen molar-refractivity contribution < 1.29 is 37.2 Å². The summed E-state index contributed by atoms with van der Waals surface area (Å²) >= 11 is 0. The first-order valence-corrected chi connectivity index (χ1v) is 6.99. The van der Waals surface area contributed by atoms with Crippen LogP contribution in [0.4, 0.5) is 18.9 Å². The summed E-state index contributed by atoms with van der Waals surface area (Å²) in [5, 5.41) is 8.78. The van der Waals surface area contributed by atoms with Gasteiger partial charge in [-0.2, -0.15) is 13.2 Å². The zero-order chi connectivity index (χ0) is 16.0. The van der Waals surface area contributed by atoms with E-state index in [1.807, 2.05) is 6.07 Å². The number of halogens is 3. The predicted octanol–water partition coefficient (Wildman–Crippen LogP) is -0.901. The molecular weight excluding hydrogens is 301 g/mol. The Morgan fingerprint density at radius 2 is 1.90 bits per heavy atom. The van der Waals surface area contributed by atoms with Crippen LogP contribution >= 0.6 is 0 Å². The van der Waals surface area contributed by atoms with E-state index < -0.39 is 22.2 Å². The number of alkyl halides is 3. The van der Waals surface area contributed by atoms with Gasteiger partial charge in [0.25, 0.3) is 0 Å². The summed E-state index contributed by atoms with van der Waals surface area (Å²) in [6, 6.07) is 7.18. The second-order valence-electron chi connectivity index (χ2n) is 3.61. The van der Waals surface area contributed by atoms with Crippen LogP contribution < -0.4 is 15.6 Å². The Kier molecular flexibility index (Phi) is 6.46. The average molecular weight is 314 g/mol. The van der Waals surface area contributed by atoms with E-state index in [0.717, 1.165) is 11.8 Å². The van der Waals surface area contributed by atoms with E-state index in [2.05, 4.69) is 10.5 Å². The van der Waals surface area contributed by atoms with Crippen molar-refractivity contribution in [2.75, 3.05) is 11.0 Å². The van der Waals surface area contributed by atoms with Crippen molar-refractivity contribution in [3.63, 3.8) is 0 Å². The molecule has 0 aliphatic heterocycles. The quantitative estimate of drug-likeness (QED) is 0.752. The zero-order valence-electron chi connectivity index (χ0n) is 10.4. The van der Waals surface area contributed by atoms with Gasteiger partial charge in [0.05, 0.1) is 12.8 Å². The molecule has 0 amide bonds. The van der Waals surface area contributed by atoms with Gasteiger partial charge in [0.2, 0.25) is 10.0 Å². The van der Waals surface area contributed by atoms with Crippen molar-refractivity contribution in [2.24, 2.45) is 0 Å². The molecule has 1 aromatic carbocycles. The summed E-state index contributed by atoms with van der Waals surface area (Å²) in [4.78, 5) is 8.78. The lowest BCUT2D eigenvalue weighted by molar-refractivity contribution is -0.386. The number of quaternary nitrogens is 1. The maximum absolute atomic E-state index is 10.9. The van der Waals surface area contributed by atoms with Gasteiger partial charge in [0.15, 0.2) is 0 Å². The minimum absolute atomic E-state index is 0.587. The topological polar surface area (TPSA) is 114 Å².